The summed E-state index contributed by atoms with van der Waals surface area (Å²) in [5.74, 6) is -0.315. The average Bonchev–Trinajstić information content (AvgIpc) is 2.04. The lowest BCUT2D eigenvalue weighted by molar-refractivity contribution is -0.170. The average molecular weight is 159 g/mol. The topological polar surface area (TPSA) is 47.6 Å². The Bertz CT molecular complexity index is 152. The summed E-state index contributed by atoms with van der Waals surface area (Å²) in [6.07, 6.45) is 0. The maximum Gasteiger partial charge on any atom is 0.339 e. The van der Waals surface area contributed by atoms with E-state index in [1.807, 2.05) is 0 Å². The lowest BCUT2D eigenvalue weighted by Gasteiger charge is -2.31. The molecule has 64 valence electrons. The van der Waals surface area contributed by atoms with Crippen LogP contribution in [0.25, 0.3) is 0 Å². The first kappa shape index (κ1) is 8.49. The maximum atomic E-state index is 11.1. The molecule has 1 unspecified atom stereocenters. The summed E-state index contributed by atoms with van der Waals surface area (Å²) in [5, 5.41) is 3.06. The monoisotopic (exact) mass is 159 g/mol. The van der Waals surface area contributed by atoms with Crippen molar-refractivity contribution in [1.82, 2.24) is 5.32 Å². The van der Waals surface area contributed by atoms with Gasteiger partial charge in [0, 0.05) is 13.1 Å². The van der Waals surface area contributed by atoms with Crippen LogP contribution in [0.1, 0.15) is 6.92 Å². The molecule has 0 aromatic carbocycles. The molecule has 4 nitrogen and oxygen atoms in total. The first-order chi connectivity index (χ1) is 5.19. The fourth-order valence-corrected chi connectivity index (χ4v) is 1.07. The molecular weight excluding hydrogens is 146 g/mol. The minimum Gasteiger partial charge on any atom is -0.467 e. The molecule has 1 heterocycles. The summed E-state index contributed by atoms with van der Waals surface area (Å²) in [6.45, 7) is 3.61. The fourth-order valence-electron chi connectivity index (χ4n) is 1.07. The molecule has 0 saturated carbocycles. The quantitative estimate of drug-likeness (QED) is 0.526. The van der Waals surface area contributed by atoms with Gasteiger partial charge in [0.25, 0.3) is 0 Å². The second-order valence-corrected chi connectivity index (χ2v) is 2.75. The van der Waals surface area contributed by atoms with Crippen molar-refractivity contribution >= 4 is 5.97 Å². The van der Waals surface area contributed by atoms with Crippen LogP contribution in [0.5, 0.6) is 0 Å². The van der Waals surface area contributed by atoms with Crippen LogP contribution in [0.2, 0.25) is 0 Å². The molecule has 0 aliphatic carbocycles. The van der Waals surface area contributed by atoms with E-state index in [1.165, 1.54) is 7.11 Å². The number of esters is 1. The largest absolute Gasteiger partial charge is 0.467 e. The minimum atomic E-state index is -0.785. The summed E-state index contributed by atoms with van der Waals surface area (Å²) in [6, 6.07) is 0. The van der Waals surface area contributed by atoms with Crippen molar-refractivity contribution in [2.24, 2.45) is 0 Å². The number of nitrogens with one attached hydrogen (secondary N) is 1. The molecule has 4 heteroatoms. The number of morpholine rings is 1. The van der Waals surface area contributed by atoms with Gasteiger partial charge in [0.2, 0.25) is 0 Å². The smallest absolute Gasteiger partial charge is 0.339 e. The van der Waals surface area contributed by atoms with Gasteiger partial charge in [-0.3, -0.25) is 0 Å². The number of hydrogen-bond acceptors (Lipinski definition) is 4. The Hall–Kier alpha value is -0.610. The highest BCUT2D eigenvalue weighted by Crippen LogP contribution is 2.13. The molecule has 1 saturated heterocycles. The molecule has 1 atom stereocenters. The van der Waals surface area contributed by atoms with Crippen molar-refractivity contribution in [2.75, 3.05) is 26.8 Å². The Labute approximate surface area is 65.9 Å². The summed E-state index contributed by atoms with van der Waals surface area (Å²) in [4.78, 5) is 11.1. The van der Waals surface area contributed by atoms with Gasteiger partial charge in [0.05, 0.1) is 13.7 Å². The van der Waals surface area contributed by atoms with Crippen molar-refractivity contribution in [2.45, 2.75) is 12.5 Å². The number of hydrogen-bond donors (Lipinski definition) is 1. The second kappa shape index (κ2) is 3.19. The van der Waals surface area contributed by atoms with Gasteiger partial charge in [-0.05, 0) is 6.92 Å². The van der Waals surface area contributed by atoms with Crippen LogP contribution in [0, 0.1) is 0 Å². The first-order valence-electron chi connectivity index (χ1n) is 3.62. The van der Waals surface area contributed by atoms with Gasteiger partial charge in [0.15, 0.2) is 5.60 Å². The minimum absolute atomic E-state index is 0.315. The molecule has 1 aliphatic rings. The number of ether oxygens (including phenoxy) is 2. The van der Waals surface area contributed by atoms with Crippen LogP contribution in [-0.2, 0) is 14.3 Å². The Morgan fingerprint density at radius 2 is 2.45 bits per heavy atom. The third kappa shape index (κ3) is 1.70. The molecule has 0 amide bonds. The molecule has 11 heavy (non-hydrogen) atoms. The highest BCUT2D eigenvalue weighted by Gasteiger charge is 2.36. The van der Waals surface area contributed by atoms with Gasteiger partial charge in [0.1, 0.15) is 0 Å². The lowest BCUT2D eigenvalue weighted by Crippen LogP contribution is -2.53. The maximum absolute atomic E-state index is 11.1. The molecule has 0 spiro atoms. The van der Waals surface area contributed by atoms with E-state index in [0.29, 0.717) is 13.2 Å². The molecule has 0 radical (unpaired) electrons. The van der Waals surface area contributed by atoms with Crippen molar-refractivity contribution in [3.8, 4) is 0 Å². The van der Waals surface area contributed by atoms with Crippen molar-refractivity contribution < 1.29 is 14.3 Å². The van der Waals surface area contributed by atoms with Crippen LogP contribution in [-0.4, -0.2) is 38.4 Å². The second-order valence-electron chi connectivity index (χ2n) is 2.75. The van der Waals surface area contributed by atoms with Crippen LogP contribution in [0.4, 0.5) is 0 Å². The predicted molar refractivity (Wildman–Crippen MR) is 39.2 cm³/mol. The Kier molecular flexibility index (Phi) is 2.46. The summed E-state index contributed by atoms with van der Waals surface area (Å²) >= 11 is 0. The highest BCUT2D eigenvalue weighted by atomic mass is 16.6. The Morgan fingerprint density at radius 1 is 1.73 bits per heavy atom. The first-order valence-corrected chi connectivity index (χ1v) is 3.62. The van der Waals surface area contributed by atoms with Crippen molar-refractivity contribution in [1.29, 1.82) is 0 Å². The zero-order chi connectivity index (χ0) is 8.32. The molecule has 1 N–H and O–H groups in total. The number of carbonyl (C=O) groups excluding carboxylic acids is 1. The van der Waals surface area contributed by atoms with Gasteiger partial charge in [-0.25, -0.2) is 4.79 Å². The van der Waals surface area contributed by atoms with Gasteiger partial charge >= 0.3 is 5.97 Å². The summed E-state index contributed by atoms with van der Waals surface area (Å²) in [7, 11) is 1.37. The van der Waals surface area contributed by atoms with Gasteiger partial charge in [-0.2, -0.15) is 0 Å². The number of carbonyl (C=O) groups is 1. The van der Waals surface area contributed by atoms with E-state index in [2.05, 4.69) is 10.1 Å². The zero-order valence-electron chi connectivity index (χ0n) is 6.85. The Morgan fingerprint density at radius 3 is 2.91 bits per heavy atom. The Balaban J connectivity index is 2.56. The highest BCUT2D eigenvalue weighted by molar-refractivity contribution is 5.79. The van der Waals surface area contributed by atoms with E-state index in [9.17, 15) is 4.79 Å². The number of rotatable bonds is 1. The standard InChI is InChI=1S/C7H13NO3/c1-7(6(9)10-2)5-8-3-4-11-7/h8H,3-5H2,1-2H3. The van der Waals surface area contributed by atoms with Crippen molar-refractivity contribution in [3.63, 3.8) is 0 Å². The zero-order valence-corrected chi connectivity index (χ0v) is 6.85. The van der Waals surface area contributed by atoms with E-state index in [1.54, 1.807) is 6.92 Å². The van der Waals surface area contributed by atoms with E-state index >= 15 is 0 Å². The third-order valence-electron chi connectivity index (χ3n) is 1.78. The molecule has 0 bridgehead atoms. The molecule has 0 aromatic rings. The fraction of sp³-hybridized carbons (Fsp3) is 0.857. The normalized spacial score (nSPS) is 31.5. The molecule has 0 aromatic heterocycles. The molecule has 1 aliphatic heterocycles. The van der Waals surface area contributed by atoms with Crippen LogP contribution < -0.4 is 5.32 Å². The molecule has 1 fully saturated rings. The van der Waals surface area contributed by atoms with Gasteiger partial charge < -0.3 is 14.8 Å². The summed E-state index contributed by atoms with van der Waals surface area (Å²) < 4.78 is 9.87. The van der Waals surface area contributed by atoms with Gasteiger partial charge in [-0.15, -0.1) is 0 Å². The van der Waals surface area contributed by atoms with E-state index < -0.39 is 5.60 Å². The van der Waals surface area contributed by atoms with Crippen molar-refractivity contribution in [3.05, 3.63) is 0 Å². The van der Waals surface area contributed by atoms with E-state index in [-0.39, 0.29) is 5.97 Å². The van der Waals surface area contributed by atoms with Gasteiger partial charge in [-0.1, -0.05) is 0 Å². The third-order valence-corrected chi connectivity index (χ3v) is 1.78. The summed E-state index contributed by atoms with van der Waals surface area (Å²) in [5.41, 5.74) is -0.785. The van der Waals surface area contributed by atoms with E-state index in [4.69, 9.17) is 4.74 Å². The molecular formula is C7H13NO3. The van der Waals surface area contributed by atoms with Crippen LogP contribution >= 0.6 is 0 Å². The molecule has 1 rings (SSSR count). The predicted octanol–water partition coefficient (Wildman–Crippen LogP) is -0.462. The lowest BCUT2D eigenvalue weighted by atomic mass is 10.1. The number of methoxy groups -OCH3 is 1. The SMILES string of the molecule is COC(=O)C1(C)CNCCO1. The van der Waals surface area contributed by atoms with E-state index in [0.717, 1.165) is 6.54 Å². The van der Waals surface area contributed by atoms with Crippen LogP contribution in [0.3, 0.4) is 0 Å². The van der Waals surface area contributed by atoms with Crippen LogP contribution in [0.15, 0.2) is 0 Å².